The number of nitrogens with one attached hydrogen (secondary N) is 1. The molecule has 0 aliphatic heterocycles. The predicted molar refractivity (Wildman–Crippen MR) is 255 cm³/mol. The van der Waals surface area contributed by atoms with Crippen molar-refractivity contribution in [2.75, 3.05) is 6.61 Å². The first kappa shape index (κ1) is 56.8. The number of aliphatic hydroxyl groups excluding tert-OH is 2. The molecule has 0 saturated carbocycles. The summed E-state index contributed by atoms with van der Waals surface area (Å²) in [6.07, 6.45) is 56.0. The Morgan fingerprint density at radius 2 is 0.864 bits per heavy atom. The Kier molecular flexibility index (Phi) is 45.1. The van der Waals surface area contributed by atoms with Crippen LogP contribution in [0.5, 0.6) is 0 Å². The number of ether oxygens (including phenoxy) is 1. The number of aliphatic hydroxyl groups is 2. The van der Waals surface area contributed by atoms with E-state index in [4.69, 9.17) is 4.74 Å². The average molecular weight is 828 g/mol. The summed E-state index contributed by atoms with van der Waals surface area (Å²) in [7, 11) is 0. The summed E-state index contributed by atoms with van der Waals surface area (Å²) in [5.41, 5.74) is 0. The predicted octanol–water partition coefficient (Wildman–Crippen LogP) is 15.1. The molecule has 0 saturated heterocycles. The Morgan fingerprint density at radius 1 is 0.492 bits per heavy atom. The van der Waals surface area contributed by atoms with Gasteiger partial charge < -0.3 is 20.3 Å². The van der Waals surface area contributed by atoms with Gasteiger partial charge in [0.1, 0.15) is 6.10 Å². The van der Waals surface area contributed by atoms with Crippen LogP contribution in [-0.2, 0) is 14.3 Å². The smallest absolute Gasteiger partial charge is 0.306 e. The normalized spacial score (nSPS) is 13.6. The fourth-order valence-electron chi connectivity index (χ4n) is 7.49. The van der Waals surface area contributed by atoms with Crippen LogP contribution >= 0.6 is 0 Å². The molecular formula is C53H97NO5. The number of hydrogen-bond donors (Lipinski definition) is 3. The molecule has 3 atom stereocenters. The van der Waals surface area contributed by atoms with Gasteiger partial charge in [0.2, 0.25) is 5.91 Å². The highest BCUT2D eigenvalue weighted by atomic mass is 16.5. The highest BCUT2D eigenvalue weighted by Crippen LogP contribution is 2.17. The largest absolute Gasteiger partial charge is 0.462 e. The summed E-state index contributed by atoms with van der Waals surface area (Å²) in [6, 6.07) is -0.707. The van der Waals surface area contributed by atoms with E-state index >= 15 is 0 Å². The molecule has 0 aromatic heterocycles. The number of amides is 1. The average Bonchev–Trinajstić information content (AvgIpc) is 3.23. The highest BCUT2D eigenvalue weighted by molar-refractivity contribution is 5.77. The molecule has 6 nitrogen and oxygen atoms in total. The van der Waals surface area contributed by atoms with Gasteiger partial charge in [-0.15, -0.1) is 0 Å². The SMILES string of the molecule is CCCCC/C=C\C/C=C\C/C=C\CCCCCCCCC(=O)OC(CCCCC/C=C\CCCCC)CC(=O)NC(CO)C(O)CCCCCCCCCCCCC. The van der Waals surface area contributed by atoms with Gasteiger partial charge >= 0.3 is 5.97 Å². The van der Waals surface area contributed by atoms with E-state index in [9.17, 15) is 19.8 Å². The maximum Gasteiger partial charge on any atom is 0.306 e. The van der Waals surface area contributed by atoms with Gasteiger partial charge in [0.25, 0.3) is 0 Å². The number of rotatable bonds is 45. The lowest BCUT2D eigenvalue weighted by Crippen LogP contribution is -2.46. The van der Waals surface area contributed by atoms with Crippen molar-refractivity contribution >= 4 is 11.9 Å². The van der Waals surface area contributed by atoms with Crippen molar-refractivity contribution in [3.05, 3.63) is 48.6 Å². The van der Waals surface area contributed by atoms with E-state index in [0.29, 0.717) is 19.3 Å². The van der Waals surface area contributed by atoms with Crippen molar-refractivity contribution in [1.82, 2.24) is 5.32 Å². The lowest BCUT2D eigenvalue weighted by Gasteiger charge is -2.24. The number of carbonyl (C=O) groups excluding carboxylic acids is 2. The van der Waals surface area contributed by atoms with Gasteiger partial charge in [-0.2, -0.15) is 0 Å². The second kappa shape index (κ2) is 46.9. The van der Waals surface area contributed by atoms with Gasteiger partial charge in [-0.3, -0.25) is 9.59 Å². The number of allylic oxidation sites excluding steroid dienone is 8. The van der Waals surface area contributed by atoms with E-state index in [1.165, 1.54) is 116 Å². The van der Waals surface area contributed by atoms with Crippen molar-refractivity contribution in [3.8, 4) is 0 Å². The van der Waals surface area contributed by atoms with Crippen LogP contribution in [0.25, 0.3) is 0 Å². The summed E-state index contributed by atoms with van der Waals surface area (Å²) in [6.45, 7) is 6.41. The first-order chi connectivity index (χ1) is 29.0. The van der Waals surface area contributed by atoms with Crippen LogP contribution in [0, 0.1) is 0 Å². The highest BCUT2D eigenvalue weighted by Gasteiger charge is 2.24. The van der Waals surface area contributed by atoms with Gasteiger partial charge in [-0.1, -0.05) is 198 Å². The second-order valence-electron chi connectivity index (χ2n) is 17.2. The standard InChI is InChI=1S/C53H97NO5/c1-4-7-10-13-16-19-22-23-24-25-26-27-28-29-31-34-37-40-43-46-53(58)59-49(44-41-38-35-32-21-18-15-12-9-6-3)47-52(57)54-50(48-55)51(56)45-42-39-36-33-30-20-17-14-11-8-5-2/h16,18-19,21,23-24,26-27,49-51,55-56H,4-15,17,20,22,25,28-48H2,1-3H3,(H,54,57)/b19-16-,21-18-,24-23-,27-26-. The van der Waals surface area contributed by atoms with Crippen molar-refractivity contribution < 1.29 is 24.5 Å². The van der Waals surface area contributed by atoms with E-state index in [-0.39, 0.29) is 24.9 Å². The maximum atomic E-state index is 13.1. The third kappa shape index (κ3) is 42.3. The molecule has 1 amide bonds. The van der Waals surface area contributed by atoms with Crippen molar-refractivity contribution in [2.45, 2.75) is 270 Å². The molecule has 0 aromatic rings. The molecule has 0 spiro atoms. The molecule has 3 unspecified atom stereocenters. The molecule has 0 bridgehead atoms. The topological polar surface area (TPSA) is 95.9 Å². The van der Waals surface area contributed by atoms with E-state index < -0.39 is 18.2 Å². The quantitative estimate of drug-likeness (QED) is 0.0323. The minimum Gasteiger partial charge on any atom is -0.462 e. The number of esters is 1. The molecule has 0 aliphatic carbocycles. The minimum absolute atomic E-state index is 0.0615. The van der Waals surface area contributed by atoms with Crippen LogP contribution in [0.4, 0.5) is 0 Å². The Labute approximate surface area is 366 Å². The summed E-state index contributed by atoms with van der Waals surface area (Å²) in [4.78, 5) is 26.1. The molecule has 0 radical (unpaired) electrons. The summed E-state index contributed by atoms with van der Waals surface area (Å²) in [5.74, 6) is -0.502. The molecule has 3 N–H and O–H groups in total. The second-order valence-corrected chi connectivity index (χ2v) is 17.2. The molecule has 344 valence electrons. The Hall–Kier alpha value is -2.18. The zero-order chi connectivity index (χ0) is 43.1. The lowest BCUT2D eigenvalue weighted by molar-refractivity contribution is -0.151. The van der Waals surface area contributed by atoms with Crippen molar-refractivity contribution in [2.24, 2.45) is 0 Å². The molecule has 0 aromatic carbocycles. The summed E-state index contributed by atoms with van der Waals surface area (Å²) in [5, 5.41) is 23.7. The number of carbonyl (C=O) groups is 2. The van der Waals surface area contributed by atoms with Crippen molar-refractivity contribution in [3.63, 3.8) is 0 Å². The van der Waals surface area contributed by atoms with Gasteiger partial charge in [0.15, 0.2) is 0 Å². The Balaban J connectivity index is 4.51. The first-order valence-electron chi connectivity index (χ1n) is 25.4. The van der Waals surface area contributed by atoms with E-state index in [0.717, 1.165) is 89.9 Å². The lowest BCUT2D eigenvalue weighted by atomic mass is 10.0. The molecule has 0 heterocycles. The Bertz CT molecular complexity index is 1020. The molecule has 59 heavy (non-hydrogen) atoms. The van der Waals surface area contributed by atoms with Crippen LogP contribution in [-0.4, -0.2) is 46.9 Å². The maximum absolute atomic E-state index is 13.1. The van der Waals surface area contributed by atoms with Crippen molar-refractivity contribution in [1.29, 1.82) is 0 Å². The first-order valence-corrected chi connectivity index (χ1v) is 25.4. The van der Waals surface area contributed by atoms with Gasteiger partial charge in [-0.25, -0.2) is 0 Å². The molecule has 0 rings (SSSR count). The van der Waals surface area contributed by atoms with E-state index in [1.54, 1.807) is 0 Å². The fraction of sp³-hybridized carbons (Fsp3) is 0.811. The van der Waals surface area contributed by atoms with E-state index in [1.807, 2.05) is 0 Å². The van der Waals surface area contributed by atoms with Crippen LogP contribution in [0.15, 0.2) is 48.6 Å². The third-order valence-electron chi connectivity index (χ3n) is 11.4. The summed E-state index contributed by atoms with van der Waals surface area (Å²) >= 11 is 0. The fourth-order valence-corrected chi connectivity index (χ4v) is 7.49. The minimum atomic E-state index is -0.792. The molecule has 0 aliphatic rings. The zero-order valence-corrected chi connectivity index (χ0v) is 39.1. The van der Waals surface area contributed by atoms with Gasteiger partial charge in [0.05, 0.1) is 25.2 Å². The van der Waals surface area contributed by atoms with Crippen LogP contribution in [0.1, 0.15) is 252 Å². The van der Waals surface area contributed by atoms with Gasteiger partial charge in [-0.05, 0) is 89.9 Å². The Morgan fingerprint density at radius 3 is 1.37 bits per heavy atom. The zero-order valence-electron chi connectivity index (χ0n) is 39.1. The monoisotopic (exact) mass is 828 g/mol. The molecular weight excluding hydrogens is 731 g/mol. The molecule has 6 heteroatoms. The van der Waals surface area contributed by atoms with Gasteiger partial charge in [0, 0.05) is 6.42 Å². The van der Waals surface area contributed by atoms with Crippen LogP contribution in [0.2, 0.25) is 0 Å². The molecule has 0 fully saturated rings. The summed E-state index contributed by atoms with van der Waals surface area (Å²) < 4.78 is 5.91. The van der Waals surface area contributed by atoms with Crippen LogP contribution in [0.3, 0.4) is 0 Å². The van der Waals surface area contributed by atoms with E-state index in [2.05, 4.69) is 74.7 Å². The number of unbranched alkanes of at least 4 members (excludes halogenated alkanes) is 25. The third-order valence-corrected chi connectivity index (χ3v) is 11.4. The number of hydrogen-bond acceptors (Lipinski definition) is 5. The van der Waals surface area contributed by atoms with Crippen LogP contribution < -0.4 is 5.32 Å².